The molecular formula is C18H28N6O2. The van der Waals surface area contributed by atoms with E-state index in [0.717, 1.165) is 51.6 Å². The smallest absolute Gasteiger partial charge is 0.272 e. The van der Waals surface area contributed by atoms with Gasteiger partial charge >= 0.3 is 0 Å². The molecule has 0 radical (unpaired) electrons. The lowest BCUT2D eigenvalue weighted by Gasteiger charge is -2.35. The van der Waals surface area contributed by atoms with Gasteiger partial charge in [-0.25, -0.2) is 9.97 Å². The van der Waals surface area contributed by atoms with Crippen LogP contribution >= 0.6 is 0 Å². The van der Waals surface area contributed by atoms with E-state index in [2.05, 4.69) is 26.7 Å². The van der Waals surface area contributed by atoms with Gasteiger partial charge < -0.3 is 19.6 Å². The molecular weight excluding hydrogens is 332 g/mol. The van der Waals surface area contributed by atoms with Crippen LogP contribution in [0.5, 0.6) is 0 Å². The third kappa shape index (κ3) is 4.12. The van der Waals surface area contributed by atoms with Crippen LogP contribution in [0.2, 0.25) is 0 Å². The fourth-order valence-electron chi connectivity index (χ4n) is 3.50. The number of carbonyl (C=O) groups is 2. The predicted octanol–water partition coefficient (Wildman–Crippen LogP) is 0.231. The highest BCUT2D eigenvalue weighted by atomic mass is 16.2. The number of rotatable bonds is 3. The van der Waals surface area contributed by atoms with Crippen molar-refractivity contribution in [2.24, 2.45) is 0 Å². The van der Waals surface area contributed by atoms with Crippen LogP contribution in [-0.2, 0) is 4.79 Å². The monoisotopic (exact) mass is 360 g/mol. The number of likely N-dealkylation sites (N-methyl/N-ethyl adjacent to an activating group) is 1. The Balaban J connectivity index is 1.70. The number of amides is 2. The molecule has 0 bridgehead atoms. The van der Waals surface area contributed by atoms with Crippen LogP contribution < -0.4 is 4.90 Å². The van der Waals surface area contributed by atoms with Gasteiger partial charge in [-0.15, -0.1) is 0 Å². The molecule has 2 saturated heterocycles. The summed E-state index contributed by atoms with van der Waals surface area (Å²) in [4.78, 5) is 41.4. The lowest BCUT2D eigenvalue weighted by atomic mass is 10.2. The molecule has 0 atom stereocenters. The second-order valence-corrected chi connectivity index (χ2v) is 6.88. The highest BCUT2D eigenvalue weighted by Crippen LogP contribution is 2.17. The Morgan fingerprint density at radius 2 is 1.58 bits per heavy atom. The first kappa shape index (κ1) is 18.6. The molecule has 3 heterocycles. The minimum atomic E-state index is -0.0186. The fourth-order valence-corrected chi connectivity index (χ4v) is 3.50. The second-order valence-electron chi connectivity index (χ2n) is 6.88. The van der Waals surface area contributed by atoms with Crippen LogP contribution in [-0.4, -0.2) is 95.4 Å². The first-order chi connectivity index (χ1) is 12.5. The Labute approximate surface area is 154 Å². The number of hydrogen-bond donors (Lipinski definition) is 0. The van der Waals surface area contributed by atoms with Gasteiger partial charge in [0.2, 0.25) is 5.91 Å². The SMILES string of the molecule is CCN1CCN(C(=O)c2cc(N3CCN(C(C)=O)CC3)nc(C)n2)CC1. The van der Waals surface area contributed by atoms with Crippen LogP contribution in [0, 0.1) is 6.92 Å². The summed E-state index contributed by atoms with van der Waals surface area (Å²) in [6.07, 6.45) is 0. The normalized spacial score (nSPS) is 19.0. The zero-order chi connectivity index (χ0) is 18.7. The Morgan fingerprint density at radius 1 is 0.962 bits per heavy atom. The van der Waals surface area contributed by atoms with E-state index in [-0.39, 0.29) is 11.8 Å². The molecule has 8 heteroatoms. The van der Waals surface area contributed by atoms with Gasteiger partial charge in [-0.3, -0.25) is 9.59 Å². The molecule has 2 amide bonds. The molecule has 142 valence electrons. The average molecular weight is 360 g/mol. The fraction of sp³-hybridized carbons (Fsp3) is 0.667. The van der Waals surface area contributed by atoms with E-state index >= 15 is 0 Å². The van der Waals surface area contributed by atoms with E-state index in [1.54, 1.807) is 13.0 Å². The molecule has 2 aliphatic heterocycles. The molecule has 0 N–H and O–H groups in total. The molecule has 8 nitrogen and oxygen atoms in total. The largest absolute Gasteiger partial charge is 0.353 e. The van der Waals surface area contributed by atoms with Crippen LogP contribution in [0.15, 0.2) is 6.07 Å². The molecule has 2 fully saturated rings. The Bertz CT molecular complexity index is 664. The van der Waals surface area contributed by atoms with Gasteiger partial charge in [-0.05, 0) is 13.5 Å². The predicted molar refractivity (Wildman–Crippen MR) is 99.3 cm³/mol. The standard InChI is InChI=1S/C18H28N6O2/c1-4-21-5-7-24(8-6-21)18(26)16-13-17(20-14(2)19-16)23-11-9-22(10-12-23)15(3)25/h13H,4-12H2,1-3H3. The van der Waals surface area contributed by atoms with Crippen LogP contribution in [0.4, 0.5) is 5.82 Å². The zero-order valence-corrected chi connectivity index (χ0v) is 15.9. The maximum Gasteiger partial charge on any atom is 0.272 e. The molecule has 1 aromatic rings. The third-order valence-corrected chi connectivity index (χ3v) is 5.20. The van der Waals surface area contributed by atoms with Gasteiger partial charge in [-0.2, -0.15) is 0 Å². The van der Waals surface area contributed by atoms with Gasteiger partial charge in [0, 0.05) is 65.3 Å². The van der Waals surface area contributed by atoms with Crippen molar-refractivity contribution < 1.29 is 9.59 Å². The number of nitrogens with zero attached hydrogens (tertiary/aromatic N) is 6. The van der Waals surface area contributed by atoms with Crippen molar-refractivity contribution in [3.63, 3.8) is 0 Å². The molecule has 1 aromatic heterocycles. The molecule has 26 heavy (non-hydrogen) atoms. The molecule has 3 rings (SSSR count). The van der Waals surface area contributed by atoms with Crippen LogP contribution in [0.25, 0.3) is 0 Å². The number of piperazine rings is 2. The van der Waals surface area contributed by atoms with E-state index in [4.69, 9.17) is 0 Å². The minimum Gasteiger partial charge on any atom is -0.353 e. The van der Waals surface area contributed by atoms with Gasteiger partial charge in [0.25, 0.3) is 5.91 Å². The van der Waals surface area contributed by atoms with E-state index in [1.807, 2.05) is 16.7 Å². The van der Waals surface area contributed by atoms with E-state index in [1.165, 1.54) is 0 Å². The van der Waals surface area contributed by atoms with Crippen molar-refractivity contribution in [1.82, 2.24) is 24.7 Å². The summed E-state index contributed by atoms with van der Waals surface area (Å²) < 4.78 is 0. The Morgan fingerprint density at radius 3 is 2.15 bits per heavy atom. The topological polar surface area (TPSA) is 72.9 Å². The van der Waals surface area contributed by atoms with Crippen LogP contribution in [0.3, 0.4) is 0 Å². The van der Waals surface area contributed by atoms with Crippen molar-refractivity contribution >= 4 is 17.6 Å². The molecule has 0 aliphatic carbocycles. The van der Waals surface area contributed by atoms with Crippen molar-refractivity contribution in [3.8, 4) is 0 Å². The summed E-state index contributed by atoms with van der Waals surface area (Å²) in [5.74, 6) is 1.46. The third-order valence-electron chi connectivity index (χ3n) is 5.20. The molecule has 0 unspecified atom stereocenters. The molecule has 0 aromatic carbocycles. The molecule has 0 spiro atoms. The van der Waals surface area contributed by atoms with Crippen molar-refractivity contribution in [2.75, 3.05) is 63.8 Å². The number of anilines is 1. The second kappa shape index (κ2) is 7.99. The first-order valence-corrected chi connectivity index (χ1v) is 9.35. The minimum absolute atomic E-state index is 0.0186. The summed E-state index contributed by atoms with van der Waals surface area (Å²) in [5.41, 5.74) is 0.464. The maximum atomic E-state index is 12.9. The highest BCUT2D eigenvalue weighted by molar-refractivity contribution is 5.93. The van der Waals surface area contributed by atoms with Gasteiger partial charge in [0.15, 0.2) is 0 Å². The summed E-state index contributed by atoms with van der Waals surface area (Å²) in [5, 5.41) is 0. The lowest BCUT2D eigenvalue weighted by Crippen LogP contribution is -2.49. The molecule has 0 saturated carbocycles. The summed E-state index contributed by atoms with van der Waals surface area (Å²) in [6, 6.07) is 1.80. The maximum absolute atomic E-state index is 12.9. The number of aromatic nitrogens is 2. The van der Waals surface area contributed by atoms with E-state index < -0.39 is 0 Å². The van der Waals surface area contributed by atoms with Crippen LogP contribution in [0.1, 0.15) is 30.2 Å². The lowest BCUT2D eigenvalue weighted by molar-refractivity contribution is -0.129. The van der Waals surface area contributed by atoms with Crippen molar-refractivity contribution in [1.29, 1.82) is 0 Å². The van der Waals surface area contributed by atoms with E-state index in [0.29, 0.717) is 24.6 Å². The van der Waals surface area contributed by atoms with Crippen molar-refractivity contribution in [3.05, 3.63) is 17.6 Å². The van der Waals surface area contributed by atoms with Crippen molar-refractivity contribution in [2.45, 2.75) is 20.8 Å². The van der Waals surface area contributed by atoms with E-state index in [9.17, 15) is 9.59 Å². The Hall–Kier alpha value is -2.22. The van der Waals surface area contributed by atoms with Gasteiger partial charge in [0.1, 0.15) is 17.3 Å². The number of hydrogen-bond acceptors (Lipinski definition) is 6. The molecule has 2 aliphatic rings. The summed E-state index contributed by atoms with van der Waals surface area (Å²) in [7, 11) is 0. The first-order valence-electron chi connectivity index (χ1n) is 9.35. The average Bonchev–Trinajstić information content (AvgIpc) is 2.67. The zero-order valence-electron chi connectivity index (χ0n) is 15.9. The Kier molecular flexibility index (Phi) is 5.70. The highest BCUT2D eigenvalue weighted by Gasteiger charge is 2.25. The summed E-state index contributed by atoms with van der Waals surface area (Å²) >= 11 is 0. The quantitative estimate of drug-likeness (QED) is 0.768. The number of aryl methyl sites for hydroxylation is 1. The number of carbonyl (C=O) groups excluding carboxylic acids is 2. The summed E-state index contributed by atoms with van der Waals surface area (Å²) in [6.45, 7) is 12.7. The van der Waals surface area contributed by atoms with Gasteiger partial charge in [-0.1, -0.05) is 6.92 Å². The van der Waals surface area contributed by atoms with Gasteiger partial charge in [0.05, 0.1) is 0 Å².